The molecule has 35 heavy (non-hydrogen) atoms. The first-order valence-corrected chi connectivity index (χ1v) is 11.2. The fourth-order valence-corrected chi connectivity index (χ4v) is 3.92. The minimum atomic E-state index is -1.16. The van der Waals surface area contributed by atoms with Crippen LogP contribution in [0.5, 0.6) is 5.75 Å². The van der Waals surface area contributed by atoms with Gasteiger partial charge in [0.15, 0.2) is 6.61 Å². The van der Waals surface area contributed by atoms with E-state index in [1.54, 1.807) is 43.3 Å². The summed E-state index contributed by atoms with van der Waals surface area (Å²) in [6.07, 6.45) is 0.0979. The van der Waals surface area contributed by atoms with Gasteiger partial charge >= 0.3 is 11.6 Å². The predicted molar refractivity (Wildman–Crippen MR) is 133 cm³/mol. The van der Waals surface area contributed by atoms with E-state index in [0.717, 1.165) is 22.1 Å². The van der Waals surface area contributed by atoms with Gasteiger partial charge in [-0.3, -0.25) is 4.79 Å². The summed E-state index contributed by atoms with van der Waals surface area (Å²) < 4.78 is 11.1. The molecule has 1 heterocycles. The minimum Gasteiger partial charge on any atom is -0.483 e. The molecule has 7 nitrogen and oxygen atoms in total. The summed E-state index contributed by atoms with van der Waals surface area (Å²) >= 11 is 5.87. The van der Waals surface area contributed by atoms with Gasteiger partial charge in [0, 0.05) is 28.5 Å². The molecule has 1 aromatic heterocycles. The van der Waals surface area contributed by atoms with E-state index in [1.165, 1.54) is 6.07 Å². The van der Waals surface area contributed by atoms with E-state index in [2.05, 4.69) is 5.32 Å². The first kappa shape index (κ1) is 24.0. The largest absolute Gasteiger partial charge is 0.483 e. The van der Waals surface area contributed by atoms with Crippen LogP contribution in [-0.2, 0) is 16.0 Å². The summed E-state index contributed by atoms with van der Waals surface area (Å²) in [4.78, 5) is 36.3. The third-order valence-electron chi connectivity index (χ3n) is 5.54. The number of carboxylic acids is 1. The Labute approximate surface area is 205 Å². The second-order valence-corrected chi connectivity index (χ2v) is 8.42. The van der Waals surface area contributed by atoms with Crippen LogP contribution >= 0.6 is 11.6 Å². The molecule has 0 radical (unpaired) electrons. The number of carbonyl (C=O) groups excluding carboxylic acids is 1. The highest BCUT2D eigenvalue weighted by Gasteiger charge is 2.21. The van der Waals surface area contributed by atoms with Crippen LogP contribution in [0, 0.1) is 6.92 Å². The summed E-state index contributed by atoms with van der Waals surface area (Å²) in [5.74, 6) is -1.40. The van der Waals surface area contributed by atoms with Crippen molar-refractivity contribution in [3.8, 4) is 16.9 Å². The normalized spacial score (nSPS) is 11.7. The van der Waals surface area contributed by atoms with Gasteiger partial charge < -0.3 is 19.6 Å². The molecule has 0 aliphatic carbocycles. The van der Waals surface area contributed by atoms with Crippen molar-refractivity contribution in [2.45, 2.75) is 19.4 Å². The number of fused-ring (bicyclic) bond motifs is 1. The predicted octanol–water partition coefficient (Wildman–Crippen LogP) is 4.61. The molecule has 0 saturated heterocycles. The van der Waals surface area contributed by atoms with Crippen molar-refractivity contribution < 1.29 is 23.8 Å². The van der Waals surface area contributed by atoms with Crippen LogP contribution in [0.4, 0.5) is 0 Å². The van der Waals surface area contributed by atoms with E-state index >= 15 is 0 Å². The van der Waals surface area contributed by atoms with Crippen LogP contribution in [0.1, 0.15) is 11.1 Å². The van der Waals surface area contributed by atoms with Crippen LogP contribution in [0.3, 0.4) is 0 Å². The first-order valence-electron chi connectivity index (χ1n) is 10.8. The third kappa shape index (κ3) is 5.70. The van der Waals surface area contributed by atoms with Crippen molar-refractivity contribution in [1.29, 1.82) is 0 Å². The highest BCUT2D eigenvalue weighted by molar-refractivity contribution is 6.30. The van der Waals surface area contributed by atoms with Gasteiger partial charge in [-0.2, -0.15) is 0 Å². The molecule has 0 fully saturated rings. The Bertz CT molecular complexity index is 1430. The molecule has 8 heteroatoms. The zero-order valence-corrected chi connectivity index (χ0v) is 19.5. The number of rotatable bonds is 8. The Morgan fingerprint density at radius 3 is 2.46 bits per heavy atom. The standard InChI is InChI=1S/C27H22ClNO6/c1-16-23(12-11-20-21(14-25(31)35-26(16)20)18-5-3-2-4-6-18)34-15-24(30)29-22(27(32)33)13-17-7-9-19(28)10-8-17/h2-12,14,22H,13,15H2,1H3,(H,29,30)(H,32,33). The van der Waals surface area contributed by atoms with Gasteiger partial charge in [0.2, 0.25) is 0 Å². The number of carbonyl (C=O) groups is 2. The molecule has 178 valence electrons. The van der Waals surface area contributed by atoms with Crippen LogP contribution < -0.4 is 15.7 Å². The Balaban J connectivity index is 1.50. The number of nitrogens with one attached hydrogen (secondary N) is 1. The first-order chi connectivity index (χ1) is 16.8. The molecular weight excluding hydrogens is 470 g/mol. The fourth-order valence-electron chi connectivity index (χ4n) is 3.79. The molecule has 1 atom stereocenters. The van der Waals surface area contributed by atoms with E-state index in [9.17, 15) is 19.5 Å². The molecule has 1 amide bonds. The summed E-state index contributed by atoms with van der Waals surface area (Å²) in [5.41, 5.74) is 2.74. The van der Waals surface area contributed by atoms with Crippen molar-refractivity contribution in [3.63, 3.8) is 0 Å². The lowest BCUT2D eigenvalue weighted by molar-refractivity contribution is -0.142. The molecule has 2 N–H and O–H groups in total. The van der Waals surface area contributed by atoms with Gasteiger partial charge in [-0.05, 0) is 47.9 Å². The van der Waals surface area contributed by atoms with Crippen LogP contribution in [0.2, 0.25) is 5.02 Å². The Hall–Kier alpha value is -4.10. The molecule has 0 saturated carbocycles. The van der Waals surface area contributed by atoms with E-state index in [0.29, 0.717) is 21.9 Å². The smallest absolute Gasteiger partial charge is 0.336 e. The fraction of sp³-hybridized carbons (Fsp3) is 0.148. The van der Waals surface area contributed by atoms with Crippen molar-refractivity contribution in [2.75, 3.05) is 6.61 Å². The van der Waals surface area contributed by atoms with Gasteiger partial charge in [0.25, 0.3) is 5.91 Å². The van der Waals surface area contributed by atoms with Gasteiger partial charge in [0.05, 0.1) is 0 Å². The number of amides is 1. The maximum atomic E-state index is 12.4. The topological polar surface area (TPSA) is 106 Å². The summed E-state index contributed by atoms with van der Waals surface area (Å²) in [5, 5.41) is 13.3. The number of aryl methyl sites for hydroxylation is 1. The number of carboxylic acid groups (broad SMARTS) is 1. The summed E-state index contributed by atoms with van der Waals surface area (Å²) in [6.45, 7) is 1.33. The molecule has 0 bridgehead atoms. The van der Waals surface area contributed by atoms with Gasteiger partial charge in [-0.1, -0.05) is 54.1 Å². The van der Waals surface area contributed by atoms with E-state index in [4.69, 9.17) is 20.8 Å². The number of aliphatic carboxylic acids is 1. The summed E-state index contributed by atoms with van der Waals surface area (Å²) in [7, 11) is 0. The minimum absolute atomic E-state index is 0.0979. The van der Waals surface area contributed by atoms with Crippen molar-refractivity contribution >= 4 is 34.4 Å². The Kier molecular flexibility index (Phi) is 7.17. The highest BCUT2D eigenvalue weighted by atomic mass is 35.5. The van der Waals surface area contributed by atoms with Gasteiger partial charge in [-0.15, -0.1) is 0 Å². The second-order valence-electron chi connectivity index (χ2n) is 7.99. The number of hydrogen-bond donors (Lipinski definition) is 2. The monoisotopic (exact) mass is 491 g/mol. The molecule has 4 aromatic rings. The Morgan fingerprint density at radius 2 is 1.77 bits per heavy atom. The quantitative estimate of drug-likeness (QED) is 0.349. The number of halogens is 1. The van der Waals surface area contributed by atoms with E-state index in [1.807, 2.05) is 30.3 Å². The lowest BCUT2D eigenvalue weighted by Gasteiger charge is -2.16. The van der Waals surface area contributed by atoms with Gasteiger partial charge in [0.1, 0.15) is 17.4 Å². The molecule has 4 rings (SSSR count). The molecule has 0 aliphatic rings. The molecule has 3 aromatic carbocycles. The van der Waals surface area contributed by atoms with Crippen molar-refractivity contribution in [1.82, 2.24) is 5.32 Å². The molecular formula is C27H22ClNO6. The van der Waals surface area contributed by atoms with Crippen LogP contribution in [0.15, 0.2) is 82.0 Å². The molecule has 0 aliphatic heterocycles. The summed E-state index contributed by atoms with van der Waals surface area (Å²) in [6, 6.07) is 20.0. The van der Waals surface area contributed by atoms with E-state index in [-0.39, 0.29) is 6.42 Å². The van der Waals surface area contributed by atoms with Crippen molar-refractivity contribution in [3.05, 3.63) is 99.4 Å². The highest BCUT2D eigenvalue weighted by Crippen LogP contribution is 2.33. The Morgan fingerprint density at radius 1 is 1.06 bits per heavy atom. The second kappa shape index (κ2) is 10.4. The number of hydrogen-bond acceptors (Lipinski definition) is 5. The average Bonchev–Trinajstić information content (AvgIpc) is 2.85. The third-order valence-corrected chi connectivity index (χ3v) is 5.79. The zero-order valence-electron chi connectivity index (χ0n) is 18.8. The van der Waals surface area contributed by atoms with Crippen LogP contribution in [-0.4, -0.2) is 29.6 Å². The lowest BCUT2D eigenvalue weighted by Crippen LogP contribution is -2.44. The zero-order chi connectivity index (χ0) is 24.9. The maximum Gasteiger partial charge on any atom is 0.336 e. The van der Waals surface area contributed by atoms with Crippen LogP contribution in [0.25, 0.3) is 22.1 Å². The SMILES string of the molecule is Cc1c(OCC(=O)NC(Cc2ccc(Cl)cc2)C(=O)O)ccc2c(-c3ccccc3)cc(=O)oc12. The maximum absolute atomic E-state index is 12.4. The van der Waals surface area contributed by atoms with Gasteiger partial charge in [-0.25, -0.2) is 9.59 Å². The molecule has 0 spiro atoms. The number of benzene rings is 3. The molecule has 1 unspecified atom stereocenters. The lowest BCUT2D eigenvalue weighted by atomic mass is 10.0. The average molecular weight is 492 g/mol. The number of ether oxygens (including phenoxy) is 1. The van der Waals surface area contributed by atoms with Crippen molar-refractivity contribution in [2.24, 2.45) is 0 Å². The van der Waals surface area contributed by atoms with E-state index < -0.39 is 30.2 Å².